The van der Waals surface area contributed by atoms with Gasteiger partial charge in [0.05, 0.1) is 5.56 Å². The first-order valence-electron chi connectivity index (χ1n) is 7.40. The van der Waals surface area contributed by atoms with Crippen molar-refractivity contribution in [1.29, 1.82) is 0 Å². The van der Waals surface area contributed by atoms with Gasteiger partial charge in [-0.1, -0.05) is 0 Å². The average Bonchev–Trinajstić information content (AvgIpc) is 2.56. The normalized spacial score (nSPS) is 11.2. The van der Waals surface area contributed by atoms with Crippen LogP contribution in [0.5, 0.6) is 0 Å². The number of carbonyl (C=O) groups excluding carboxylic acids is 1. The summed E-state index contributed by atoms with van der Waals surface area (Å²) in [5.41, 5.74) is -0.367. The maximum Gasteiger partial charge on any atom is 0.416 e. The first-order valence-corrected chi connectivity index (χ1v) is 7.40. The van der Waals surface area contributed by atoms with Crippen LogP contribution in [0.2, 0.25) is 0 Å². The summed E-state index contributed by atoms with van der Waals surface area (Å²) in [5, 5.41) is 2.52. The third-order valence-corrected chi connectivity index (χ3v) is 3.44. The van der Waals surface area contributed by atoms with Gasteiger partial charge >= 0.3 is 6.18 Å². The summed E-state index contributed by atoms with van der Waals surface area (Å²) in [6, 6.07) is 5.78. The van der Waals surface area contributed by atoms with Crippen LogP contribution in [0, 0.1) is 0 Å². The molecule has 2 aromatic rings. The molecule has 1 aromatic heterocycles. The molecule has 0 unspecified atom stereocenters. The fraction of sp³-hybridized carbons (Fsp3) is 0.312. The molecule has 5 nitrogen and oxygen atoms in total. The van der Waals surface area contributed by atoms with E-state index in [1.165, 1.54) is 18.5 Å². The predicted molar refractivity (Wildman–Crippen MR) is 85.0 cm³/mol. The number of anilines is 2. The van der Waals surface area contributed by atoms with Crippen molar-refractivity contribution in [2.45, 2.75) is 20.0 Å². The topological polar surface area (TPSA) is 58.1 Å². The summed E-state index contributed by atoms with van der Waals surface area (Å²) in [7, 11) is 0. The number of hydrogen-bond acceptors (Lipinski definition) is 4. The van der Waals surface area contributed by atoms with Gasteiger partial charge in [-0.05, 0) is 38.1 Å². The van der Waals surface area contributed by atoms with Gasteiger partial charge in [0.15, 0.2) is 0 Å². The third kappa shape index (κ3) is 4.21. The fourth-order valence-corrected chi connectivity index (χ4v) is 2.13. The molecular weight excluding hydrogens is 321 g/mol. The van der Waals surface area contributed by atoms with E-state index in [-0.39, 0.29) is 11.4 Å². The van der Waals surface area contributed by atoms with Crippen LogP contribution in [0.3, 0.4) is 0 Å². The van der Waals surface area contributed by atoms with Crippen LogP contribution >= 0.6 is 0 Å². The van der Waals surface area contributed by atoms with Crippen LogP contribution < -0.4 is 10.2 Å². The minimum absolute atomic E-state index is 0.145. The number of benzene rings is 1. The molecule has 1 amide bonds. The lowest BCUT2D eigenvalue weighted by Gasteiger charge is -2.19. The van der Waals surface area contributed by atoms with Crippen molar-refractivity contribution in [3.8, 4) is 0 Å². The summed E-state index contributed by atoms with van der Waals surface area (Å²) < 4.78 is 37.6. The zero-order valence-electron chi connectivity index (χ0n) is 13.3. The first kappa shape index (κ1) is 17.7. The van der Waals surface area contributed by atoms with Crippen LogP contribution in [0.25, 0.3) is 0 Å². The van der Waals surface area contributed by atoms with Crippen LogP contribution in [-0.4, -0.2) is 29.0 Å². The zero-order chi connectivity index (χ0) is 17.7. The third-order valence-electron chi connectivity index (χ3n) is 3.44. The van der Waals surface area contributed by atoms with Gasteiger partial charge in [-0.15, -0.1) is 0 Å². The molecular formula is C16H17F3N4O. The Morgan fingerprint density at radius 1 is 1.12 bits per heavy atom. The molecule has 0 atom stereocenters. The molecule has 0 saturated carbocycles. The molecule has 1 N–H and O–H groups in total. The summed E-state index contributed by atoms with van der Waals surface area (Å²) >= 11 is 0. The number of aromatic nitrogens is 2. The molecule has 0 saturated heterocycles. The highest BCUT2D eigenvalue weighted by molar-refractivity contribution is 6.03. The molecule has 1 aromatic carbocycles. The highest BCUT2D eigenvalue weighted by Crippen LogP contribution is 2.29. The predicted octanol–water partition coefficient (Wildman–Crippen LogP) is 3.59. The molecule has 2 rings (SSSR count). The maximum absolute atomic E-state index is 12.5. The number of alkyl halides is 3. The van der Waals surface area contributed by atoms with E-state index in [1.807, 2.05) is 18.7 Å². The number of halogens is 3. The van der Waals surface area contributed by atoms with E-state index < -0.39 is 17.6 Å². The number of rotatable bonds is 5. The highest BCUT2D eigenvalue weighted by Gasteiger charge is 2.30. The Morgan fingerprint density at radius 3 is 2.29 bits per heavy atom. The number of nitrogens with zero attached hydrogens (tertiary/aromatic N) is 3. The van der Waals surface area contributed by atoms with Gasteiger partial charge in [-0.25, -0.2) is 9.97 Å². The zero-order valence-corrected chi connectivity index (χ0v) is 13.3. The second kappa shape index (κ2) is 7.29. The minimum Gasteiger partial charge on any atom is -0.357 e. The Morgan fingerprint density at radius 2 is 1.75 bits per heavy atom. The summed E-state index contributed by atoms with van der Waals surface area (Å²) in [6.07, 6.45) is -3.12. The van der Waals surface area contributed by atoms with Crippen LogP contribution in [0.4, 0.5) is 24.7 Å². The number of hydrogen-bond donors (Lipinski definition) is 1. The van der Waals surface area contributed by atoms with E-state index in [9.17, 15) is 18.0 Å². The van der Waals surface area contributed by atoms with Crippen LogP contribution in [-0.2, 0) is 6.18 Å². The Labute approximate surface area is 137 Å². The highest BCUT2D eigenvalue weighted by atomic mass is 19.4. The van der Waals surface area contributed by atoms with Crippen molar-refractivity contribution in [2.75, 3.05) is 23.3 Å². The van der Waals surface area contributed by atoms with Crippen molar-refractivity contribution >= 4 is 17.4 Å². The van der Waals surface area contributed by atoms with Crippen molar-refractivity contribution in [3.63, 3.8) is 0 Å². The quantitative estimate of drug-likeness (QED) is 0.905. The van der Waals surface area contributed by atoms with Gasteiger partial charge in [0, 0.05) is 24.8 Å². The van der Waals surface area contributed by atoms with Crippen molar-refractivity contribution in [2.24, 2.45) is 0 Å². The second-order valence-electron chi connectivity index (χ2n) is 4.96. The van der Waals surface area contributed by atoms with E-state index in [4.69, 9.17) is 0 Å². The molecule has 0 bridgehead atoms. The smallest absolute Gasteiger partial charge is 0.357 e. The Bertz CT molecular complexity index is 697. The average molecular weight is 338 g/mol. The standard InChI is InChI=1S/C16H17F3N4O/c1-3-23(4-2)14-9-13(20-10-21-14)15(24)22-12-7-5-11(6-8-12)16(17,18)19/h5-10H,3-4H2,1-2H3,(H,22,24). The van der Waals surface area contributed by atoms with Crippen molar-refractivity contribution in [3.05, 3.63) is 47.9 Å². The second-order valence-corrected chi connectivity index (χ2v) is 4.96. The lowest BCUT2D eigenvalue weighted by molar-refractivity contribution is -0.137. The Balaban J connectivity index is 2.14. The van der Waals surface area contributed by atoms with Crippen molar-refractivity contribution in [1.82, 2.24) is 9.97 Å². The Hall–Kier alpha value is -2.64. The van der Waals surface area contributed by atoms with Gasteiger partial charge in [-0.3, -0.25) is 4.79 Å². The molecule has 0 radical (unpaired) electrons. The molecule has 128 valence electrons. The van der Waals surface area contributed by atoms with E-state index in [0.717, 1.165) is 25.2 Å². The van der Waals surface area contributed by atoms with Crippen LogP contribution in [0.1, 0.15) is 29.9 Å². The maximum atomic E-state index is 12.5. The SMILES string of the molecule is CCN(CC)c1cc(C(=O)Nc2ccc(C(F)(F)F)cc2)ncn1. The molecule has 24 heavy (non-hydrogen) atoms. The molecule has 0 aliphatic rings. The van der Waals surface area contributed by atoms with E-state index in [2.05, 4.69) is 15.3 Å². The minimum atomic E-state index is -4.41. The molecule has 0 aliphatic carbocycles. The van der Waals surface area contributed by atoms with Crippen LogP contribution in [0.15, 0.2) is 36.7 Å². The summed E-state index contributed by atoms with van der Waals surface area (Å²) in [6.45, 7) is 5.39. The van der Waals surface area contributed by atoms with E-state index >= 15 is 0 Å². The number of nitrogens with one attached hydrogen (secondary N) is 1. The van der Waals surface area contributed by atoms with E-state index in [1.54, 1.807) is 6.07 Å². The number of carbonyl (C=O) groups is 1. The fourth-order valence-electron chi connectivity index (χ4n) is 2.13. The van der Waals surface area contributed by atoms with Gasteiger partial charge in [0.2, 0.25) is 0 Å². The monoisotopic (exact) mass is 338 g/mol. The number of amides is 1. The Kier molecular flexibility index (Phi) is 5.38. The van der Waals surface area contributed by atoms with Gasteiger partial charge < -0.3 is 10.2 Å². The summed E-state index contributed by atoms with van der Waals surface area (Å²) in [5.74, 6) is 0.109. The first-order chi connectivity index (χ1) is 11.3. The van der Waals surface area contributed by atoms with Gasteiger partial charge in [-0.2, -0.15) is 13.2 Å². The lowest BCUT2D eigenvalue weighted by Crippen LogP contribution is -2.24. The molecule has 0 fully saturated rings. The molecule has 0 spiro atoms. The summed E-state index contributed by atoms with van der Waals surface area (Å²) in [4.78, 5) is 22.2. The lowest BCUT2D eigenvalue weighted by atomic mass is 10.2. The van der Waals surface area contributed by atoms with Gasteiger partial charge in [0.25, 0.3) is 5.91 Å². The largest absolute Gasteiger partial charge is 0.416 e. The molecule has 8 heteroatoms. The molecule has 1 heterocycles. The molecule has 0 aliphatic heterocycles. The van der Waals surface area contributed by atoms with Gasteiger partial charge in [0.1, 0.15) is 17.8 Å². The van der Waals surface area contributed by atoms with E-state index in [0.29, 0.717) is 5.82 Å². The van der Waals surface area contributed by atoms with Crippen molar-refractivity contribution < 1.29 is 18.0 Å².